The van der Waals surface area contributed by atoms with Crippen molar-refractivity contribution in [3.8, 4) is 0 Å². The molecule has 0 bridgehead atoms. The molecule has 8 N–H and O–H groups in total. The van der Waals surface area contributed by atoms with E-state index in [0.717, 1.165) is 32.4 Å². The van der Waals surface area contributed by atoms with Gasteiger partial charge in [-0.25, -0.2) is 0 Å². The van der Waals surface area contributed by atoms with Crippen molar-refractivity contribution in [2.24, 2.45) is 11.7 Å². The van der Waals surface area contributed by atoms with Crippen molar-refractivity contribution < 1.29 is 53.6 Å². The number of carboxylic acids is 3. The lowest BCUT2D eigenvalue weighted by Crippen LogP contribution is -2.52. The van der Waals surface area contributed by atoms with Crippen molar-refractivity contribution in [1.29, 1.82) is 0 Å². The predicted octanol–water partition coefficient (Wildman–Crippen LogP) is -2.22. The zero-order valence-corrected chi connectivity index (χ0v) is 31.6. The van der Waals surface area contributed by atoms with Crippen LogP contribution in [0.1, 0.15) is 46.0 Å². The van der Waals surface area contributed by atoms with Crippen molar-refractivity contribution in [3.05, 3.63) is 0 Å². The minimum absolute atomic E-state index is 0.109. The molecule has 3 amide bonds. The van der Waals surface area contributed by atoms with E-state index in [-0.39, 0.29) is 117 Å². The van der Waals surface area contributed by atoms with Crippen LogP contribution in [0.3, 0.4) is 0 Å². The number of hydrogen-bond acceptors (Lipinski definition) is 13. The fraction of sp³-hybridized carbons (Fsp3) is 0.824. The summed E-state index contributed by atoms with van der Waals surface area (Å²) < 4.78 is 10.5. The maximum Gasteiger partial charge on any atom is 0.317 e. The second-order valence-electron chi connectivity index (χ2n) is 13.4. The molecule has 0 unspecified atom stereocenters. The fourth-order valence-electron chi connectivity index (χ4n) is 5.80. The Bertz CT molecular complexity index is 1070. The van der Waals surface area contributed by atoms with Crippen LogP contribution in [0.15, 0.2) is 0 Å². The Labute approximate surface area is 312 Å². The van der Waals surface area contributed by atoms with Crippen LogP contribution in [-0.4, -0.2) is 201 Å². The minimum Gasteiger partial charge on any atom is -0.480 e. The number of primary amides is 1. The summed E-state index contributed by atoms with van der Waals surface area (Å²) in [5.41, 5.74) is 5.03. The van der Waals surface area contributed by atoms with E-state index in [4.69, 9.17) is 15.2 Å². The van der Waals surface area contributed by atoms with Gasteiger partial charge in [-0.1, -0.05) is 20.3 Å². The van der Waals surface area contributed by atoms with Gasteiger partial charge in [-0.3, -0.25) is 48.4 Å². The van der Waals surface area contributed by atoms with E-state index in [1.807, 2.05) is 0 Å². The molecule has 19 heteroatoms. The zero-order chi connectivity index (χ0) is 39.4. The van der Waals surface area contributed by atoms with Gasteiger partial charge in [0.2, 0.25) is 17.7 Å². The third-order valence-electron chi connectivity index (χ3n) is 8.56. The number of carbonyl (C=O) groups is 6. The summed E-state index contributed by atoms with van der Waals surface area (Å²) >= 11 is 0. The van der Waals surface area contributed by atoms with Crippen LogP contribution in [0.25, 0.3) is 0 Å². The highest BCUT2D eigenvalue weighted by molar-refractivity contribution is 5.88. The molecule has 0 aromatic heterocycles. The molecule has 0 aliphatic carbocycles. The van der Waals surface area contributed by atoms with E-state index in [9.17, 15) is 44.1 Å². The average Bonchev–Trinajstić information content (AvgIpc) is 3.07. The average molecular weight is 761 g/mol. The van der Waals surface area contributed by atoms with E-state index in [1.165, 1.54) is 0 Å². The maximum absolute atomic E-state index is 13.5. The van der Waals surface area contributed by atoms with Crippen molar-refractivity contribution in [3.63, 3.8) is 0 Å². The summed E-state index contributed by atoms with van der Waals surface area (Å²) in [5, 5.41) is 37.5. The number of rotatable bonds is 27. The highest BCUT2D eigenvalue weighted by Gasteiger charge is 2.24. The Hall–Kier alpha value is -3.46. The van der Waals surface area contributed by atoms with E-state index >= 15 is 0 Å². The molecule has 1 heterocycles. The lowest BCUT2D eigenvalue weighted by atomic mass is 10.1. The van der Waals surface area contributed by atoms with Gasteiger partial charge in [-0.15, -0.1) is 0 Å². The molecular formula is C34H64N8O11. The molecule has 306 valence electrons. The van der Waals surface area contributed by atoms with Crippen molar-refractivity contribution in [2.75, 3.05) is 125 Å². The smallest absolute Gasteiger partial charge is 0.317 e. The molecule has 1 saturated heterocycles. The Balaban J connectivity index is 2.93. The highest BCUT2D eigenvalue weighted by Crippen LogP contribution is 2.06. The van der Waals surface area contributed by atoms with Gasteiger partial charge in [-0.05, 0) is 44.7 Å². The van der Waals surface area contributed by atoms with E-state index in [0.29, 0.717) is 18.8 Å². The third kappa shape index (κ3) is 26.0. The molecule has 19 nitrogen and oxygen atoms in total. The Kier molecular flexibility index (Phi) is 26.0. The first kappa shape index (κ1) is 47.6. The first-order chi connectivity index (χ1) is 25.3. The Morgan fingerprint density at radius 3 is 1.64 bits per heavy atom. The number of unbranched alkanes of at least 4 members (excludes halogenated alkanes) is 1. The first-order valence-corrected chi connectivity index (χ1v) is 18.5. The monoisotopic (exact) mass is 760 g/mol. The lowest BCUT2D eigenvalue weighted by Gasteiger charge is -2.33. The van der Waals surface area contributed by atoms with Crippen LogP contribution in [-0.2, 0) is 38.2 Å². The van der Waals surface area contributed by atoms with Crippen LogP contribution in [0, 0.1) is 5.92 Å². The first-order valence-electron chi connectivity index (χ1n) is 18.5. The predicted molar refractivity (Wildman–Crippen MR) is 195 cm³/mol. The lowest BCUT2D eigenvalue weighted by molar-refractivity contribution is -0.140. The Morgan fingerprint density at radius 2 is 1.17 bits per heavy atom. The summed E-state index contributed by atoms with van der Waals surface area (Å²) in [5.74, 6) is -3.91. The van der Waals surface area contributed by atoms with Gasteiger partial charge in [-0.2, -0.15) is 0 Å². The number of hydrogen-bond donors (Lipinski definition) is 7. The zero-order valence-electron chi connectivity index (χ0n) is 31.6. The van der Waals surface area contributed by atoms with Gasteiger partial charge >= 0.3 is 17.9 Å². The number of ether oxygens (including phenoxy) is 2. The summed E-state index contributed by atoms with van der Waals surface area (Å²) in [6.07, 6.45) is 4.15. The maximum atomic E-state index is 13.5. The molecule has 2 atom stereocenters. The highest BCUT2D eigenvalue weighted by atomic mass is 16.5. The van der Waals surface area contributed by atoms with E-state index < -0.39 is 35.8 Å². The number of aliphatic carboxylic acids is 3. The van der Waals surface area contributed by atoms with E-state index in [2.05, 4.69) is 29.8 Å². The van der Waals surface area contributed by atoms with E-state index in [1.54, 1.807) is 19.6 Å². The summed E-state index contributed by atoms with van der Waals surface area (Å²) in [7, 11) is 0. The number of nitrogens with zero attached hydrogens (tertiary/aromatic N) is 4. The summed E-state index contributed by atoms with van der Waals surface area (Å²) in [4.78, 5) is 79.0. The number of nitrogens with one attached hydrogen (secondary N) is 3. The molecule has 1 fully saturated rings. The second kappa shape index (κ2) is 29.0. The largest absolute Gasteiger partial charge is 0.480 e. The normalized spacial score (nSPS) is 16.9. The van der Waals surface area contributed by atoms with Gasteiger partial charge in [0.05, 0.1) is 46.0 Å². The molecule has 1 aliphatic rings. The molecule has 0 radical (unpaired) electrons. The molecule has 0 saturated carbocycles. The summed E-state index contributed by atoms with van der Waals surface area (Å²) in [6.45, 7) is 7.80. The van der Waals surface area contributed by atoms with Crippen LogP contribution < -0.4 is 21.7 Å². The molecule has 0 aromatic rings. The number of carbonyl (C=O) groups excluding carboxylic acids is 3. The standard InChI is InChI=1S/C34H64N8O11/c1-3-6-27(2)21-36-8-5-4-7-28(34(51)37-9-18-52-19-20-53-26-29(35)43)38-30(44)22-39-10-12-40(23-31(45)46)14-16-42(25-33(49)50)17-15-41(13-11-39)24-32(47)48/h27-28,36H,3-26H2,1-2H3,(H2,35,43)(H,37,51)(H,38,44)(H,45,46)(H,47,48)(H,49,50)/t27-,28+/m1/s1. The molecule has 0 aromatic carbocycles. The van der Waals surface area contributed by atoms with Crippen LogP contribution in [0.2, 0.25) is 0 Å². The van der Waals surface area contributed by atoms with Crippen LogP contribution in [0.4, 0.5) is 0 Å². The molecular weight excluding hydrogens is 696 g/mol. The SMILES string of the molecule is CCC[C@@H](C)CNCCCC[C@H](NC(=O)CN1CCN(CC(=O)O)CCN(CC(=O)O)CCN(CC(=O)O)CC1)C(=O)NCCOCCOCC(N)=O. The van der Waals surface area contributed by atoms with Gasteiger partial charge in [0.1, 0.15) is 12.6 Å². The Morgan fingerprint density at radius 1 is 0.679 bits per heavy atom. The van der Waals surface area contributed by atoms with Gasteiger partial charge < -0.3 is 46.5 Å². The van der Waals surface area contributed by atoms with Gasteiger partial charge in [0.15, 0.2) is 0 Å². The van der Waals surface area contributed by atoms with Crippen molar-refractivity contribution in [2.45, 2.75) is 52.0 Å². The molecule has 1 rings (SSSR count). The van der Waals surface area contributed by atoms with Gasteiger partial charge in [0, 0.05) is 58.9 Å². The second-order valence-corrected chi connectivity index (χ2v) is 13.4. The minimum atomic E-state index is -1.04. The topological polar surface area (TPSA) is 257 Å². The fourth-order valence-corrected chi connectivity index (χ4v) is 5.80. The van der Waals surface area contributed by atoms with Crippen LogP contribution in [0.5, 0.6) is 0 Å². The molecule has 1 aliphatic heterocycles. The van der Waals surface area contributed by atoms with Gasteiger partial charge in [0.25, 0.3) is 0 Å². The molecule has 0 spiro atoms. The third-order valence-corrected chi connectivity index (χ3v) is 8.56. The number of nitrogens with two attached hydrogens (primary N) is 1. The van der Waals surface area contributed by atoms with Crippen molar-refractivity contribution >= 4 is 35.6 Å². The summed E-state index contributed by atoms with van der Waals surface area (Å²) in [6, 6.07) is -0.819. The quantitative estimate of drug-likeness (QED) is 0.0438. The number of carboxylic acid groups (broad SMARTS) is 3. The molecule has 53 heavy (non-hydrogen) atoms. The number of amides is 3. The van der Waals surface area contributed by atoms with Crippen molar-refractivity contribution in [1.82, 2.24) is 35.6 Å². The van der Waals surface area contributed by atoms with Crippen LogP contribution >= 0.6 is 0 Å².